The predicted octanol–water partition coefficient (Wildman–Crippen LogP) is 3.48. The number of nitrogens with one attached hydrogen (secondary N) is 1. The van der Waals surface area contributed by atoms with Crippen molar-refractivity contribution in [3.05, 3.63) is 69.3 Å². The van der Waals surface area contributed by atoms with Gasteiger partial charge >= 0.3 is 0 Å². The molecule has 0 spiro atoms. The van der Waals surface area contributed by atoms with Crippen LogP contribution in [-0.2, 0) is 6.42 Å². The number of carbonyl (C=O) groups excluding carboxylic acids is 1. The molecule has 6 heteroatoms. The molecule has 0 saturated carbocycles. The number of hydrogen-bond donors (Lipinski definition) is 1. The number of nitro benzene ring substituents is 1. The van der Waals surface area contributed by atoms with Crippen LogP contribution in [0.25, 0.3) is 0 Å². The number of nitro groups is 1. The second kappa shape index (κ2) is 7.99. The van der Waals surface area contributed by atoms with Crippen molar-refractivity contribution in [1.29, 1.82) is 0 Å². The molecule has 136 valence electrons. The van der Waals surface area contributed by atoms with Gasteiger partial charge in [-0.3, -0.25) is 14.9 Å². The summed E-state index contributed by atoms with van der Waals surface area (Å²) in [6, 6.07) is 13.0. The number of hydrogen-bond acceptors (Lipinski definition) is 4. The zero-order valence-corrected chi connectivity index (χ0v) is 14.9. The molecule has 6 nitrogen and oxygen atoms in total. The molecule has 1 aliphatic heterocycles. The zero-order valence-electron chi connectivity index (χ0n) is 14.9. The number of carbonyl (C=O) groups is 1. The lowest BCUT2D eigenvalue weighted by atomic mass is 10.1. The smallest absolute Gasteiger partial charge is 0.273 e. The topological polar surface area (TPSA) is 75.5 Å². The van der Waals surface area contributed by atoms with E-state index < -0.39 is 4.92 Å². The Balaban J connectivity index is 1.55. The maximum absolute atomic E-state index is 12.3. The molecule has 1 fully saturated rings. The van der Waals surface area contributed by atoms with Gasteiger partial charge in [0.25, 0.3) is 11.6 Å². The molecule has 2 aromatic rings. The lowest BCUT2D eigenvalue weighted by Gasteiger charge is -2.17. The molecule has 2 aromatic carbocycles. The largest absolute Gasteiger partial charge is 0.372 e. The first-order valence-electron chi connectivity index (χ1n) is 8.92. The molecule has 0 atom stereocenters. The van der Waals surface area contributed by atoms with Gasteiger partial charge in [0.05, 0.1) is 4.92 Å². The Morgan fingerprint density at radius 1 is 1.15 bits per heavy atom. The van der Waals surface area contributed by atoms with Crippen LogP contribution in [0.4, 0.5) is 11.4 Å². The lowest BCUT2D eigenvalue weighted by molar-refractivity contribution is -0.385. The van der Waals surface area contributed by atoms with Crippen molar-refractivity contribution in [2.75, 3.05) is 24.5 Å². The van der Waals surface area contributed by atoms with Crippen LogP contribution >= 0.6 is 0 Å². The molecule has 1 heterocycles. The highest BCUT2D eigenvalue weighted by Gasteiger charge is 2.17. The summed E-state index contributed by atoms with van der Waals surface area (Å²) in [6.45, 7) is 4.34. The number of amides is 1. The van der Waals surface area contributed by atoms with Crippen molar-refractivity contribution in [2.24, 2.45) is 0 Å². The minimum Gasteiger partial charge on any atom is -0.372 e. The van der Waals surface area contributed by atoms with Gasteiger partial charge in [0, 0.05) is 42.5 Å². The van der Waals surface area contributed by atoms with Crippen LogP contribution in [0.2, 0.25) is 0 Å². The van der Waals surface area contributed by atoms with Crippen molar-refractivity contribution in [1.82, 2.24) is 5.32 Å². The van der Waals surface area contributed by atoms with Crippen LogP contribution in [0.3, 0.4) is 0 Å². The van der Waals surface area contributed by atoms with E-state index in [1.807, 2.05) is 0 Å². The summed E-state index contributed by atoms with van der Waals surface area (Å²) in [5.74, 6) is -0.278. The highest BCUT2D eigenvalue weighted by Crippen LogP contribution is 2.22. The molecule has 3 rings (SSSR count). The maximum atomic E-state index is 12.3. The van der Waals surface area contributed by atoms with Gasteiger partial charge in [0.2, 0.25) is 0 Å². The molecule has 0 radical (unpaired) electrons. The van der Waals surface area contributed by atoms with Gasteiger partial charge < -0.3 is 10.2 Å². The average molecular weight is 353 g/mol. The summed E-state index contributed by atoms with van der Waals surface area (Å²) < 4.78 is 0. The summed E-state index contributed by atoms with van der Waals surface area (Å²) in [7, 11) is 0. The molecule has 0 unspecified atom stereocenters. The minimum atomic E-state index is -0.464. The van der Waals surface area contributed by atoms with E-state index in [9.17, 15) is 14.9 Å². The molecule has 0 aliphatic carbocycles. The molecule has 26 heavy (non-hydrogen) atoms. The van der Waals surface area contributed by atoms with E-state index in [1.54, 1.807) is 13.0 Å². The third kappa shape index (κ3) is 4.02. The first kappa shape index (κ1) is 17.9. The zero-order chi connectivity index (χ0) is 18.5. The second-order valence-electron chi connectivity index (χ2n) is 6.57. The molecule has 1 N–H and O–H groups in total. The SMILES string of the molecule is Cc1c(C(=O)NCCc2ccc(N3CCCC3)cc2)cccc1[N+](=O)[O-]. The van der Waals surface area contributed by atoms with Gasteiger partial charge in [-0.05, 0) is 49.9 Å². The monoisotopic (exact) mass is 353 g/mol. The molecule has 1 amide bonds. The summed E-state index contributed by atoms with van der Waals surface area (Å²) >= 11 is 0. The summed E-state index contributed by atoms with van der Waals surface area (Å²) in [6.07, 6.45) is 3.23. The molecule has 1 aliphatic rings. The fourth-order valence-electron chi connectivity index (χ4n) is 3.33. The van der Waals surface area contributed by atoms with E-state index in [4.69, 9.17) is 0 Å². The van der Waals surface area contributed by atoms with Crippen LogP contribution in [-0.4, -0.2) is 30.5 Å². The third-order valence-electron chi connectivity index (χ3n) is 4.85. The van der Waals surface area contributed by atoms with E-state index in [-0.39, 0.29) is 11.6 Å². The highest BCUT2D eigenvalue weighted by molar-refractivity contribution is 5.96. The fraction of sp³-hybridized carbons (Fsp3) is 0.350. The molecular formula is C20H23N3O3. The quantitative estimate of drug-likeness (QED) is 0.637. The second-order valence-corrected chi connectivity index (χ2v) is 6.57. The van der Waals surface area contributed by atoms with E-state index in [2.05, 4.69) is 34.5 Å². The van der Waals surface area contributed by atoms with Crippen LogP contribution in [0.5, 0.6) is 0 Å². The number of rotatable bonds is 6. The van der Waals surface area contributed by atoms with E-state index in [0.717, 1.165) is 25.1 Å². The summed E-state index contributed by atoms with van der Waals surface area (Å²) in [5.41, 5.74) is 3.12. The first-order chi connectivity index (χ1) is 12.6. The molecular weight excluding hydrogens is 330 g/mol. The maximum Gasteiger partial charge on any atom is 0.273 e. The van der Waals surface area contributed by atoms with Crippen LogP contribution < -0.4 is 10.2 Å². The van der Waals surface area contributed by atoms with Gasteiger partial charge in [0.15, 0.2) is 0 Å². The molecule has 0 aromatic heterocycles. The van der Waals surface area contributed by atoms with Crippen molar-refractivity contribution in [3.8, 4) is 0 Å². The Morgan fingerprint density at radius 3 is 2.50 bits per heavy atom. The Kier molecular flexibility index (Phi) is 5.51. The van der Waals surface area contributed by atoms with Crippen LogP contribution in [0.15, 0.2) is 42.5 Å². The predicted molar refractivity (Wildman–Crippen MR) is 102 cm³/mol. The summed E-state index contributed by atoms with van der Waals surface area (Å²) in [4.78, 5) is 25.2. The summed E-state index contributed by atoms with van der Waals surface area (Å²) in [5, 5.41) is 13.8. The van der Waals surface area contributed by atoms with Crippen molar-refractivity contribution in [3.63, 3.8) is 0 Å². The van der Waals surface area contributed by atoms with E-state index in [0.29, 0.717) is 17.7 Å². The number of nitrogens with zero attached hydrogens (tertiary/aromatic N) is 2. The highest BCUT2D eigenvalue weighted by atomic mass is 16.6. The average Bonchev–Trinajstić information content (AvgIpc) is 3.17. The Labute approximate surface area is 153 Å². The van der Waals surface area contributed by atoms with Gasteiger partial charge in [0.1, 0.15) is 0 Å². The normalized spacial score (nSPS) is 13.7. The number of benzene rings is 2. The molecule has 1 saturated heterocycles. The van der Waals surface area contributed by atoms with Crippen molar-refractivity contribution >= 4 is 17.3 Å². The van der Waals surface area contributed by atoms with Crippen LogP contribution in [0, 0.1) is 17.0 Å². The van der Waals surface area contributed by atoms with Gasteiger partial charge in [-0.1, -0.05) is 18.2 Å². The van der Waals surface area contributed by atoms with Crippen molar-refractivity contribution in [2.45, 2.75) is 26.2 Å². The Hall–Kier alpha value is -2.89. The third-order valence-corrected chi connectivity index (χ3v) is 4.85. The molecule has 0 bridgehead atoms. The fourth-order valence-corrected chi connectivity index (χ4v) is 3.33. The Bertz CT molecular complexity index is 796. The van der Waals surface area contributed by atoms with E-state index >= 15 is 0 Å². The van der Waals surface area contributed by atoms with Crippen LogP contribution in [0.1, 0.15) is 34.3 Å². The van der Waals surface area contributed by atoms with Crippen molar-refractivity contribution < 1.29 is 9.72 Å². The first-order valence-corrected chi connectivity index (χ1v) is 8.92. The standard InChI is InChI=1S/C20H23N3O3/c1-15-18(5-4-6-19(15)23(25)26)20(24)21-12-11-16-7-9-17(10-8-16)22-13-2-3-14-22/h4-10H,2-3,11-14H2,1H3,(H,21,24). The Morgan fingerprint density at radius 2 is 1.85 bits per heavy atom. The minimum absolute atomic E-state index is 0.0323. The number of anilines is 1. The van der Waals surface area contributed by atoms with E-state index in [1.165, 1.54) is 30.7 Å². The van der Waals surface area contributed by atoms with Gasteiger partial charge in [-0.15, -0.1) is 0 Å². The van der Waals surface area contributed by atoms with Gasteiger partial charge in [-0.25, -0.2) is 0 Å². The van der Waals surface area contributed by atoms with Gasteiger partial charge in [-0.2, -0.15) is 0 Å². The lowest BCUT2D eigenvalue weighted by Crippen LogP contribution is -2.26.